The summed E-state index contributed by atoms with van der Waals surface area (Å²) in [5.41, 5.74) is 22.2. The van der Waals surface area contributed by atoms with E-state index in [1.165, 1.54) is 132 Å². The van der Waals surface area contributed by atoms with Gasteiger partial charge in [0.15, 0.2) is 0 Å². The van der Waals surface area contributed by atoms with E-state index in [2.05, 4.69) is 333 Å². The second kappa shape index (κ2) is 20.2. The van der Waals surface area contributed by atoms with Crippen LogP contribution in [0.1, 0.15) is 211 Å². The van der Waals surface area contributed by atoms with Gasteiger partial charge in [-0.3, -0.25) is 0 Å². The minimum absolute atomic E-state index is 0.00468. The van der Waals surface area contributed by atoms with E-state index in [0.29, 0.717) is 0 Å². The third-order valence-electron chi connectivity index (χ3n) is 18.8. The van der Waals surface area contributed by atoms with E-state index in [9.17, 15) is 0 Å². The van der Waals surface area contributed by atoms with Gasteiger partial charge in [0, 0.05) is 32.7 Å². The molecule has 11 rings (SSSR count). The summed E-state index contributed by atoms with van der Waals surface area (Å²) in [5.74, 6) is 0. The van der Waals surface area contributed by atoms with Crippen LogP contribution < -0.4 is 4.90 Å². The van der Waals surface area contributed by atoms with E-state index >= 15 is 0 Å². The van der Waals surface area contributed by atoms with E-state index in [1.807, 2.05) is 0 Å². The van der Waals surface area contributed by atoms with Gasteiger partial charge in [-0.05, 0) is 175 Å². The van der Waals surface area contributed by atoms with Crippen molar-refractivity contribution in [2.75, 3.05) is 4.90 Å². The molecule has 2 heteroatoms. The van der Waals surface area contributed by atoms with Gasteiger partial charge in [0.2, 0.25) is 0 Å². The lowest BCUT2D eigenvalue weighted by Gasteiger charge is -2.35. The lowest BCUT2D eigenvalue weighted by molar-refractivity contribution is 0.568. The van der Waals surface area contributed by atoms with Gasteiger partial charge in [-0.15, -0.1) is 0 Å². The predicted molar refractivity (Wildman–Crippen MR) is 380 cm³/mol. The molecule has 1 aromatic heterocycles. The first-order valence-corrected chi connectivity index (χ1v) is 31.9. The molecule has 0 radical (unpaired) electrons. The van der Waals surface area contributed by atoms with Gasteiger partial charge < -0.3 is 9.47 Å². The second-order valence-electron chi connectivity index (χ2n) is 33.8. The van der Waals surface area contributed by atoms with Crippen molar-refractivity contribution in [2.45, 2.75) is 209 Å². The van der Waals surface area contributed by atoms with Gasteiger partial charge in [-0.2, -0.15) is 0 Å². The van der Waals surface area contributed by atoms with Crippen LogP contribution >= 0.6 is 0 Å². The number of nitrogens with zero attached hydrogens (tertiary/aromatic N) is 2. The minimum atomic E-state index is -0.140. The molecule has 0 bridgehead atoms. The van der Waals surface area contributed by atoms with Gasteiger partial charge >= 0.3 is 0 Å². The summed E-state index contributed by atoms with van der Waals surface area (Å²) in [6.45, 7) is 56.5. The molecule has 0 fully saturated rings. The van der Waals surface area contributed by atoms with E-state index in [0.717, 1.165) is 11.4 Å². The number of fused-ring (bicyclic) bond motifs is 3. The Morgan fingerprint density at radius 2 is 0.593 bits per heavy atom. The minimum Gasteiger partial charge on any atom is -0.309 e. The normalized spacial score (nSPS) is 13.6. The summed E-state index contributed by atoms with van der Waals surface area (Å²) >= 11 is 0. The lowest BCUT2D eigenvalue weighted by Crippen LogP contribution is -2.19. The van der Waals surface area contributed by atoms with Gasteiger partial charge in [0.05, 0.1) is 33.8 Å². The molecule has 0 aliphatic carbocycles. The molecule has 1 heterocycles. The summed E-state index contributed by atoms with van der Waals surface area (Å²) in [7, 11) is 0. The lowest BCUT2D eigenvalue weighted by atomic mass is 9.77. The van der Waals surface area contributed by atoms with Crippen LogP contribution in [0.25, 0.3) is 82.1 Å². The second-order valence-corrected chi connectivity index (χ2v) is 33.8. The highest BCUT2D eigenvalue weighted by Crippen LogP contribution is 2.53. The number of aromatic nitrogens is 1. The van der Waals surface area contributed by atoms with Crippen LogP contribution in [0.15, 0.2) is 158 Å². The highest BCUT2D eigenvalue weighted by Gasteiger charge is 2.32. The zero-order valence-corrected chi connectivity index (χ0v) is 56.9. The molecular formula is C84H98N2. The Morgan fingerprint density at radius 3 is 1.05 bits per heavy atom. The quantitative estimate of drug-likeness (QED) is 0.151. The van der Waals surface area contributed by atoms with Crippen LogP contribution in [0.4, 0.5) is 17.1 Å². The van der Waals surface area contributed by atoms with Crippen LogP contribution in [0.3, 0.4) is 0 Å². The Morgan fingerprint density at radius 1 is 0.244 bits per heavy atom. The molecule has 0 spiro atoms. The average molecular weight is 1140 g/mol. The van der Waals surface area contributed by atoms with E-state index in [-0.39, 0.29) is 43.3 Å². The molecule has 0 saturated carbocycles. The maximum absolute atomic E-state index is 2.69. The number of hydrogen-bond acceptors (Lipinski definition) is 1. The van der Waals surface area contributed by atoms with Crippen molar-refractivity contribution in [2.24, 2.45) is 0 Å². The molecule has 444 valence electrons. The number of hydrogen-bond donors (Lipinski definition) is 0. The van der Waals surface area contributed by atoms with Crippen molar-refractivity contribution in [3.8, 4) is 27.9 Å². The molecule has 0 atom stereocenters. The first kappa shape index (κ1) is 60.5. The first-order valence-electron chi connectivity index (χ1n) is 31.9. The van der Waals surface area contributed by atoms with Crippen LogP contribution in [0.2, 0.25) is 0 Å². The predicted octanol–water partition coefficient (Wildman–Crippen LogP) is 24.9. The van der Waals surface area contributed by atoms with Crippen molar-refractivity contribution < 1.29 is 0 Å². The molecule has 0 aliphatic heterocycles. The molecular weight excluding hydrogens is 1040 g/mol. The van der Waals surface area contributed by atoms with Gasteiger partial charge in [0.25, 0.3) is 0 Å². The van der Waals surface area contributed by atoms with E-state index < -0.39 is 0 Å². The van der Waals surface area contributed by atoms with Gasteiger partial charge in [0.1, 0.15) is 0 Å². The van der Waals surface area contributed by atoms with Gasteiger partial charge in [-0.25, -0.2) is 0 Å². The zero-order chi connectivity index (χ0) is 62.6. The topological polar surface area (TPSA) is 8.17 Å². The third kappa shape index (κ3) is 11.0. The Hall–Kier alpha value is -7.16. The zero-order valence-electron chi connectivity index (χ0n) is 56.9. The fourth-order valence-electron chi connectivity index (χ4n) is 12.9. The van der Waals surface area contributed by atoms with Crippen LogP contribution in [-0.4, -0.2) is 4.57 Å². The average Bonchev–Trinajstić information content (AvgIpc) is 1.18. The maximum Gasteiger partial charge on any atom is 0.0543 e. The Labute approximate surface area is 517 Å². The summed E-state index contributed by atoms with van der Waals surface area (Å²) in [6.07, 6.45) is 0. The molecule has 0 aliphatic rings. The molecule has 2 nitrogen and oxygen atoms in total. The van der Waals surface area contributed by atoms with Crippen molar-refractivity contribution in [3.05, 3.63) is 202 Å². The third-order valence-corrected chi connectivity index (χ3v) is 18.8. The summed E-state index contributed by atoms with van der Waals surface area (Å²) in [5, 5.41) is 10.1. The number of rotatable bonds is 6. The maximum atomic E-state index is 2.69. The SMILES string of the molecule is CC(C)(C)c1cc(-c2cc(C(C)(C)C)ccc2N(c2cc(C(C)(C)C)ccc2-c2cc(C(C)(C)C)cc(C(C)(C)C)c2)c2ccc3ccc4c(-n5c6ccc(C(C)(C)C)cc6c6cc(C(C)(C)C)ccc65)ccc5ccc2c3c54)cc(C(C)(C)C)c1. The highest BCUT2D eigenvalue weighted by atomic mass is 15.1. The Bertz CT molecular complexity index is 4320. The van der Waals surface area contributed by atoms with Crippen LogP contribution in [0, 0.1) is 0 Å². The van der Waals surface area contributed by atoms with Crippen molar-refractivity contribution in [1.29, 1.82) is 0 Å². The summed E-state index contributed by atoms with van der Waals surface area (Å²) < 4.78 is 2.56. The van der Waals surface area contributed by atoms with Crippen molar-refractivity contribution in [3.63, 3.8) is 0 Å². The molecule has 86 heavy (non-hydrogen) atoms. The van der Waals surface area contributed by atoms with Gasteiger partial charge in [-0.1, -0.05) is 269 Å². The van der Waals surface area contributed by atoms with E-state index in [4.69, 9.17) is 0 Å². The molecule has 11 aromatic rings. The fourth-order valence-corrected chi connectivity index (χ4v) is 12.9. The molecule has 10 aromatic carbocycles. The monoisotopic (exact) mass is 1130 g/mol. The van der Waals surface area contributed by atoms with Crippen molar-refractivity contribution in [1.82, 2.24) is 4.57 Å². The first-order chi connectivity index (χ1) is 39.7. The molecule has 0 unspecified atom stereocenters. The standard InChI is InChI=1S/C84H98N2/c1-77(2,3)55-30-38-71(66(47-55)54-43-61(83(19,20)21)46-62(44-54)84(22,23)24)86(74-50-58(80(10,11)12)29-35-63(74)53-41-59(81(13,14)15)45-60(42-53)82(16,17)18)70-37-28-52-25-33-64-69(36-27-51-26-34-65(70)76(52)75(51)64)85-72-39-31-56(78(4,5)6)48-67(72)68-49-57(79(7,8)9)32-40-73(68)85/h25-50H,1-24H3. The Kier molecular flexibility index (Phi) is 14.2. The molecule has 0 amide bonds. The molecule has 0 saturated heterocycles. The largest absolute Gasteiger partial charge is 0.309 e. The molecule has 0 N–H and O–H groups in total. The Balaban J connectivity index is 1.29. The number of benzene rings is 10. The van der Waals surface area contributed by atoms with Crippen LogP contribution in [-0.2, 0) is 43.3 Å². The van der Waals surface area contributed by atoms with E-state index in [1.54, 1.807) is 0 Å². The smallest absolute Gasteiger partial charge is 0.0543 e. The summed E-state index contributed by atoms with van der Waals surface area (Å²) in [4.78, 5) is 2.69. The summed E-state index contributed by atoms with van der Waals surface area (Å²) in [6, 6.07) is 63.3. The highest BCUT2D eigenvalue weighted by molar-refractivity contribution is 6.28. The van der Waals surface area contributed by atoms with Crippen LogP contribution in [0.5, 0.6) is 0 Å². The number of anilines is 3. The van der Waals surface area contributed by atoms with Crippen molar-refractivity contribution >= 4 is 71.2 Å². The fraction of sp³-hybridized carbons (Fsp3) is 0.381.